The average molecular weight is 197 g/mol. The topological polar surface area (TPSA) is 47.4 Å². The molecule has 1 aliphatic heterocycles. The lowest BCUT2D eigenvalue weighted by Crippen LogP contribution is -2.38. The van der Waals surface area contributed by atoms with Crippen molar-refractivity contribution in [1.29, 1.82) is 5.41 Å². The summed E-state index contributed by atoms with van der Waals surface area (Å²) in [6.45, 7) is 9.24. The van der Waals surface area contributed by atoms with Crippen LogP contribution in [0.5, 0.6) is 0 Å². The third-order valence-electron chi connectivity index (χ3n) is 2.67. The first-order chi connectivity index (χ1) is 6.54. The van der Waals surface area contributed by atoms with Crippen LogP contribution in [0.25, 0.3) is 0 Å². The zero-order chi connectivity index (χ0) is 10.9. The molecule has 0 aliphatic carbocycles. The van der Waals surface area contributed by atoms with Crippen molar-refractivity contribution >= 4 is 11.9 Å². The third kappa shape index (κ3) is 1.49. The van der Waals surface area contributed by atoms with Crippen molar-refractivity contribution in [2.24, 2.45) is 5.92 Å². The summed E-state index contributed by atoms with van der Waals surface area (Å²) in [5, 5.41) is 7.92. The molecule has 1 rings (SSSR count). The van der Waals surface area contributed by atoms with Crippen molar-refractivity contribution in [3.63, 3.8) is 0 Å². The zero-order valence-electron chi connectivity index (χ0n) is 9.37. The molecule has 0 bridgehead atoms. The van der Waals surface area contributed by atoms with Crippen LogP contribution in [0.2, 0.25) is 0 Å². The summed E-state index contributed by atoms with van der Waals surface area (Å²) in [6.07, 6.45) is 0. The van der Waals surface area contributed by atoms with Crippen LogP contribution in [0, 0.1) is 11.3 Å². The number of hydrogen-bond donors (Lipinski definition) is 1. The molecule has 0 spiro atoms. The molecule has 0 radical (unpaired) electrons. The molecule has 0 saturated carbocycles. The summed E-state index contributed by atoms with van der Waals surface area (Å²) in [4.78, 5) is 15.1. The van der Waals surface area contributed by atoms with Gasteiger partial charge in [-0.25, -0.2) is 4.79 Å². The Bertz CT molecular complexity index is 250. The monoisotopic (exact) mass is 197 g/mol. The Morgan fingerprint density at radius 1 is 1.36 bits per heavy atom. The van der Waals surface area contributed by atoms with E-state index in [-0.39, 0.29) is 12.1 Å². The Hall–Kier alpha value is -1.06. The molecule has 1 aliphatic rings. The maximum Gasteiger partial charge on any atom is 0.326 e. The quantitative estimate of drug-likeness (QED) is 0.736. The zero-order valence-corrected chi connectivity index (χ0v) is 9.37. The van der Waals surface area contributed by atoms with Crippen molar-refractivity contribution in [3.8, 4) is 0 Å². The molecule has 4 nitrogen and oxygen atoms in total. The summed E-state index contributed by atoms with van der Waals surface area (Å²) in [5.41, 5.74) is 0. The Morgan fingerprint density at radius 2 is 1.93 bits per heavy atom. The summed E-state index contributed by atoms with van der Waals surface area (Å²) < 4.78 is 0. The Labute approximate surface area is 85.4 Å². The first-order valence-corrected chi connectivity index (χ1v) is 5.21. The fraction of sp³-hybridized carbons (Fsp3) is 0.800. The second-order valence-electron chi connectivity index (χ2n) is 3.89. The van der Waals surface area contributed by atoms with Crippen LogP contribution in [-0.4, -0.2) is 40.8 Å². The van der Waals surface area contributed by atoms with Gasteiger partial charge in [0.1, 0.15) is 5.84 Å². The van der Waals surface area contributed by atoms with Crippen molar-refractivity contribution in [2.75, 3.05) is 13.1 Å². The number of rotatable bonds is 3. The van der Waals surface area contributed by atoms with Gasteiger partial charge in [-0.1, -0.05) is 13.8 Å². The van der Waals surface area contributed by atoms with Crippen molar-refractivity contribution in [2.45, 2.75) is 33.7 Å². The molecule has 0 aromatic carbocycles. The largest absolute Gasteiger partial charge is 0.326 e. The van der Waals surface area contributed by atoms with Crippen molar-refractivity contribution in [1.82, 2.24) is 9.80 Å². The van der Waals surface area contributed by atoms with Gasteiger partial charge in [-0.15, -0.1) is 0 Å². The number of amidine groups is 1. The van der Waals surface area contributed by atoms with Gasteiger partial charge in [-0.05, 0) is 19.8 Å². The molecule has 1 heterocycles. The summed E-state index contributed by atoms with van der Waals surface area (Å²) in [7, 11) is 0. The van der Waals surface area contributed by atoms with Gasteiger partial charge in [0.15, 0.2) is 0 Å². The predicted octanol–water partition coefficient (Wildman–Crippen LogP) is 1.77. The molecule has 1 N–H and O–H groups in total. The number of carbonyl (C=O) groups is 1. The molecule has 4 heteroatoms. The number of urea groups is 1. The van der Waals surface area contributed by atoms with Gasteiger partial charge in [0.25, 0.3) is 0 Å². The van der Waals surface area contributed by atoms with E-state index in [1.807, 2.05) is 27.7 Å². The lowest BCUT2D eigenvalue weighted by Gasteiger charge is -2.23. The summed E-state index contributed by atoms with van der Waals surface area (Å²) >= 11 is 0. The average Bonchev–Trinajstić information content (AvgIpc) is 2.37. The third-order valence-corrected chi connectivity index (χ3v) is 2.67. The second kappa shape index (κ2) is 3.98. The molecule has 1 unspecified atom stereocenters. The maximum absolute atomic E-state index is 11.8. The minimum Gasteiger partial charge on any atom is -0.314 e. The van der Waals surface area contributed by atoms with E-state index in [1.54, 1.807) is 9.80 Å². The smallest absolute Gasteiger partial charge is 0.314 e. The number of nitrogens with one attached hydrogen (secondary N) is 1. The molecule has 80 valence electrons. The fourth-order valence-electron chi connectivity index (χ4n) is 2.00. The SMILES string of the molecule is CCN1C(=N)C(C(C)C)N(CC)C1=O. The van der Waals surface area contributed by atoms with E-state index in [0.29, 0.717) is 24.8 Å². The molecule has 14 heavy (non-hydrogen) atoms. The van der Waals surface area contributed by atoms with Crippen LogP contribution in [0.1, 0.15) is 27.7 Å². The molecular formula is C10H19N3O. The van der Waals surface area contributed by atoms with Crippen LogP contribution in [0.4, 0.5) is 4.79 Å². The maximum atomic E-state index is 11.8. The van der Waals surface area contributed by atoms with E-state index in [1.165, 1.54) is 0 Å². The summed E-state index contributed by atoms with van der Waals surface area (Å²) in [5.74, 6) is 0.761. The number of nitrogens with zero attached hydrogens (tertiary/aromatic N) is 2. The van der Waals surface area contributed by atoms with Gasteiger partial charge in [-0.2, -0.15) is 0 Å². The van der Waals surface area contributed by atoms with Gasteiger partial charge in [0.2, 0.25) is 0 Å². The highest BCUT2D eigenvalue weighted by Crippen LogP contribution is 2.22. The molecular weight excluding hydrogens is 178 g/mol. The Kier molecular flexibility index (Phi) is 3.13. The van der Waals surface area contributed by atoms with Crippen LogP contribution in [0.3, 0.4) is 0 Å². The molecule has 1 saturated heterocycles. The highest BCUT2D eigenvalue weighted by Gasteiger charge is 2.41. The highest BCUT2D eigenvalue weighted by molar-refractivity contribution is 6.05. The lowest BCUT2D eigenvalue weighted by molar-refractivity contribution is 0.184. The number of hydrogen-bond acceptors (Lipinski definition) is 2. The predicted molar refractivity (Wildman–Crippen MR) is 56.5 cm³/mol. The second-order valence-corrected chi connectivity index (χ2v) is 3.89. The minimum atomic E-state index is -0.0348. The molecule has 1 fully saturated rings. The van der Waals surface area contributed by atoms with E-state index in [2.05, 4.69) is 0 Å². The minimum absolute atomic E-state index is 0.0151. The highest BCUT2D eigenvalue weighted by atomic mass is 16.2. The van der Waals surface area contributed by atoms with Gasteiger partial charge in [0, 0.05) is 13.1 Å². The van der Waals surface area contributed by atoms with Crippen LogP contribution in [0.15, 0.2) is 0 Å². The standard InChI is InChI=1S/C10H19N3O/c1-5-12-8(7(3)4)9(11)13(6-2)10(12)14/h7-8,11H,5-6H2,1-4H3. The normalized spacial score (nSPS) is 22.8. The van der Waals surface area contributed by atoms with E-state index < -0.39 is 0 Å². The van der Waals surface area contributed by atoms with Crippen LogP contribution >= 0.6 is 0 Å². The van der Waals surface area contributed by atoms with Gasteiger partial charge >= 0.3 is 6.03 Å². The summed E-state index contributed by atoms with van der Waals surface area (Å²) in [6, 6.07) is -0.0499. The van der Waals surface area contributed by atoms with Crippen LogP contribution < -0.4 is 0 Å². The molecule has 1 atom stereocenters. The molecule has 0 aromatic rings. The fourth-order valence-corrected chi connectivity index (χ4v) is 2.00. The molecule has 0 aromatic heterocycles. The van der Waals surface area contributed by atoms with Crippen LogP contribution in [-0.2, 0) is 0 Å². The Balaban J connectivity index is 2.95. The Morgan fingerprint density at radius 3 is 2.21 bits per heavy atom. The van der Waals surface area contributed by atoms with Gasteiger partial charge in [-0.3, -0.25) is 10.3 Å². The molecule has 2 amide bonds. The number of likely N-dealkylation sites (N-methyl/N-ethyl adjacent to an activating group) is 2. The van der Waals surface area contributed by atoms with Gasteiger partial charge < -0.3 is 4.90 Å². The van der Waals surface area contributed by atoms with E-state index in [9.17, 15) is 4.79 Å². The van der Waals surface area contributed by atoms with Crippen molar-refractivity contribution in [3.05, 3.63) is 0 Å². The van der Waals surface area contributed by atoms with Crippen molar-refractivity contribution < 1.29 is 4.79 Å². The van der Waals surface area contributed by atoms with Gasteiger partial charge in [0.05, 0.1) is 6.04 Å². The van der Waals surface area contributed by atoms with E-state index >= 15 is 0 Å². The number of carbonyl (C=O) groups excluding carboxylic acids is 1. The van der Waals surface area contributed by atoms with E-state index in [4.69, 9.17) is 5.41 Å². The van der Waals surface area contributed by atoms with E-state index in [0.717, 1.165) is 0 Å². The number of amides is 2. The lowest BCUT2D eigenvalue weighted by atomic mass is 10.0. The first-order valence-electron chi connectivity index (χ1n) is 5.21. The first kappa shape index (κ1) is 11.0.